The maximum atomic E-state index is 8.74. The molecule has 0 bridgehead atoms. The lowest BCUT2D eigenvalue weighted by molar-refractivity contribution is 1.14. The maximum Gasteiger partial charge on any atom is 0.0992 e. The zero-order valence-corrected chi connectivity index (χ0v) is 10.3. The van der Waals surface area contributed by atoms with Gasteiger partial charge in [-0.25, -0.2) is 0 Å². The maximum absolute atomic E-state index is 8.74. The van der Waals surface area contributed by atoms with Crippen LogP contribution in [0.3, 0.4) is 0 Å². The smallest absolute Gasteiger partial charge is 0.0992 e. The minimum atomic E-state index is 0.583. The first kappa shape index (κ1) is 11.5. The van der Waals surface area contributed by atoms with E-state index >= 15 is 0 Å². The van der Waals surface area contributed by atoms with Crippen LogP contribution in [0.2, 0.25) is 0 Å². The molecule has 86 valence electrons. The van der Waals surface area contributed by atoms with E-state index in [-0.39, 0.29) is 0 Å². The fraction of sp³-hybridized carbons (Fsp3) is 0.154. The minimum Gasteiger partial charge on any atom is -0.397 e. The number of anilines is 2. The van der Waals surface area contributed by atoms with Gasteiger partial charge in [0, 0.05) is 6.54 Å². The Bertz CT molecular complexity index is 566. The summed E-state index contributed by atoms with van der Waals surface area (Å²) in [6.45, 7) is 2.85. The summed E-state index contributed by atoms with van der Waals surface area (Å²) in [5.41, 5.74) is 10.5. The Morgan fingerprint density at radius 1 is 1.41 bits per heavy atom. The van der Waals surface area contributed by atoms with E-state index in [1.54, 1.807) is 23.5 Å². The molecule has 1 aromatic carbocycles. The Balaban J connectivity index is 2.10. The number of nitrogens with zero attached hydrogens (tertiary/aromatic N) is 1. The Morgan fingerprint density at radius 3 is 2.82 bits per heavy atom. The third kappa shape index (κ3) is 2.58. The number of nitriles is 1. The standard InChI is InChI=1S/C13H13N3S/c1-9-7-17-8-11(9)6-16-13-3-2-10(5-14)4-12(13)15/h2-4,7-8,16H,6,15H2,1H3. The number of aryl methyl sites for hydroxylation is 1. The van der Waals surface area contributed by atoms with Crippen molar-refractivity contribution in [1.29, 1.82) is 5.26 Å². The van der Waals surface area contributed by atoms with E-state index in [1.807, 2.05) is 6.07 Å². The first-order valence-electron chi connectivity index (χ1n) is 5.26. The Morgan fingerprint density at radius 2 is 2.24 bits per heavy atom. The minimum absolute atomic E-state index is 0.583. The second kappa shape index (κ2) is 4.89. The van der Waals surface area contributed by atoms with Crippen molar-refractivity contribution in [3.63, 3.8) is 0 Å². The second-order valence-corrected chi connectivity index (χ2v) is 4.59. The molecular formula is C13H13N3S. The second-order valence-electron chi connectivity index (χ2n) is 3.85. The van der Waals surface area contributed by atoms with E-state index in [0.717, 1.165) is 12.2 Å². The summed E-state index contributed by atoms with van der Waals surface area (Å²) >= 11 is 1.70. The van der Waals surface area contributed by atoms with Crippen LogP contribution < -0.4 is 11.1 Å². The zero-order chi connectivity index (χ0) is 12.3. The number of hydrogen-bond donors (Lipinski definition) is 2. The van der Waals surface area contributed by atoms with Gasteiger partial charge in [0.1, 0.15) is 0 Å². The van der Waals surface area contributed by atoms with Gasteiger partial charge in [-0.15, -0.1) is 0 Å². The Hall–Kier alpha value is -1.99. The number of nitrogens with one attached hydrogen (secondary N) is 1. The van der Waals surface area contributed by atoms with Gasteiger partial charge in [0.05, 0.1) is 23.0 Å². The van der Waals surface area contributed by atoms with Crippen molar-refractivity contribution in [1.82, 2.24) is 0 Å². The topological polar surface area (TPSA) is 61.8 Å². The molecule has 1 aromatic heterocycles. The molecule has 17 heavy (non-hydrogen) atoms. The summed E-state index contributed by atoms with van der Waals surface area (Å²) < 4.78 is 0. The van der Waals surface area contributed by atoms with Crippen molar-refractivity contribution in [3.05, 3.63) is 45.6 Å². The Labute approximate surface area is 105 Å². The number of hydrogen-bond acceptors (Lipinski definition) is 4. The molecule has 0 aliphatic carbocycles. The monoisotopic (exact) mass is 243 g/mol. The SMILES string of the molecule is Cc1cscc1CNc1ccc(C#N)cc1N. The summed E-state index contributed by atoms with van der Waals surface area (Å²) in [6.07, 6.45) is 0. The van der Waals surface area contributed by atoms with Gasteiger partial charge in [-0.05, 0) is 47.0 Å². The quantitative estimate of drug-likeness (QED) is 0.814. The fourth-order valence-electron chi connectivity index (χ4n) is 1.55. The molecule has 0 saturated carbocycles. The summed E-state index contributed by atoms with van der Waals surface area (Å²) in [6, 6.07) is 7.36. The molecule has 0 spiro atoms. The molecule has 3 nitrogen and oxygen atoms in total. The molecule has 2 aromatic rings. The van der Waals surface area contributed by atoms with Crippen LogP contribution >= 0.6 is 11.3 Å². The molecule has 0 aliphatic rings. The summed E-state index contributed by atoms with van der Waals surface area (Å²) in [5.74, 6) is 0. The summed E-state index contributed by atoms with van der Waals surface area (Å²) in [5, 5.41) is 16.3. The first-order valence-corrected chi connectivity index (χ1v) is 6.20. The molecule has 0 aliphatic heterocycles. The van der Waals surface area contributed by atoms with E-state index in [0.29, 0.717) is 11.3 Å². The molecule has 4 heteroatoms. The van der Waals surface area contributed by atoms with Crippen LogP contribution in [-0.2, 0) is 6.54 Å². The van der Waals surface area contributed by atoms with Gasteiger partial charge in [-0.3, -0.25) is 0 Å². The average Bonchev–Trinajstić information content (AvgIpc) is 2.73. The highest BCUT2D eigenvalue weighted by atomic mass is 32.1. The zero-order valence-electron chi connectivity index (χ0n) is 9.53. The molecule has 0 radical (unpaired) electrons. The van der Waals surface area contributed by atoms with Gasteiger partial charge in [-0.1, -0.05) is 0 Å². The van der Waals surface area contributed by atoms with Gasteiger partial charge in [0.15, 0.2) is 0 Å². The lowest BCUT2D eigenvalue weighted by Crippen LogP contribution is -2.02. The van der Waals surface area contributed by atoms with Gasteiger partial charge in [0.25, 0.3) is 0 Å². The predicted octanol–water partition coefficient (Wildman–Crippen LogP) is 3.12. The van der Waals surface area contributed by atoms with Crippen LogP contribution in [0.5, 0.6) is 0 Å². The third-order valence-electron chi connectivity index (χ3n) is 2.61. The predicted molar refractivity (Wildman–Crippen MR) is 72.0 cm³/mol. The van der Waals surface area contributed by atoms with Crippen molar-refractivity contribution in [2.24, 2.45) is 0 Å². The average molecular weight is 243 g/mol. The molecule has 0 fully saturated rings. The molecular weight excluding hydrogens is 230 g/mol. The normalized spacial score (nSPS) is 9.88. The van der Waals surface area contributed by atoms with Gasteiger partial charge >= 0.3 is 0 Å². The molecule has 0 saturated heterocycles. The van der Waals surface area contributed by atoms with Crippen molar-refractivity contribution < 1.29 is 0 Å². The fourth-order valence-corrected chi connectivity index (χ4v) is 2.41. The van der Waals surface area contributed by atoms with E-state index in [1.165, 1.54) is 11.1 Å². The lowest BCUT2D eigenvalue weighted by atomic mass is 10.1. The van der Waals surface area contributed by atoms with E-state index in [4.69, 9.17) is 11.0 Å². The van der Waals surface area contributed by atoms with Gasteiger partial charge < -0.3 is 11.1 Å². The number of thiophene rings is 1. The first-order chi connectivity index (χ1) is 8.20. The van der Waals surface area contributed by atoms with Crippen molar-refractivity contribution in [2.75, 3.05) is 11.1 Å². The molecule has 0 unspecified atom stereocenters. The molecule has 2 rings (SSSR count). The highest BCUT2D eigenvalue weighted by Crippen LogP contribution is 2.21. The number of nitrogen functional groups attached to an aromatic ring is 1. The van der Waals surface area contributed by atoms with Crippen LogP contribution in [0.4, 0.5) is 11.4 Å². The Kier molecular flexibility index (Phi) is 3.31. The molecule has 0 atom stereocenters. The van der Waals surface area contributed by atoms with Crippen LogP contribution in [-0.4, -0.2) is 0 Å². The highest BCUT2D eigenvalue weighted by molar-refractivity contribution is 7.08. The van der Waals surface area contributed by atoms with Gasteiger partial charge in [-0.2, -0.15) is 16.6 Å². The van der Waals surface area contributed by atoms with Gasteiger partial charge in [0.2, 0.25) is 0 Å². The van der Waals surface area contributed by atoms with Crippen molar-refractivity contribution >= 4 is 22.7 Å². The number of nitrogens with two attached hydrogens (primary N) is 1. The van der Waals surface area contributed by atoms with E-state index in [9.17, 15) is 0 Å². The largest absolute Gasteiger partial charge is 0.397 e. The molecule has 0 amide bonds. The lowest BCUT2D eigenvalue weighted by Gasteiger charge is -2.09. The van der Waals surface area contributed by atoms with Crippen molar-refractivity contribution in [3.8, 4) is 6.07 Å². The summed E-state index contributed by atoms with van der Waals surface area (Å²) in [4.78, 5) is 0. The summed E-state index contributed by atoms with van der Waals surface area (Å²) in [7, 11) is 0. The van der Waals surface area contributed by atoms with Crippen LogP contribution in [0, 0.1) is 18.3 Å². The third-order valence-corrected chi connectivity index (χ3v) is 3.52. The number of rotatable bonds is 3. The van der Waals surface area contributed by atoms with Crippen LogP contribution in [0.15, 0.2) is 29.0 Å². The van der Waals surface area contributed by atoms with Crippen LogP contribution in [0.1, 0.15) is 16.7 Å². The van der Waals surface area contributed by atoms with Crippen LogP contribution in [0.25, 0.3) is 0 Å². The molecule has 3 N–H and O–H groups in total. The highest BCUT2D eigenvalue weighted by Gasteiger charge is 2.02. The molecule has 1 heterocycles. The number of benzene rings is 1. The van der Waals surface area contributed by atoms with E-state index in [2.05, 4.69) is 29.1 Å². The van der Waals surface area contributed by atoms with Crippen molar-refractivity contribution in [2.45, 2.75) is 13.5 Å². The van der Waals surface area contributed by atoms with E-state index < -0.39 is 0 Å².